The summed E-state index contributed by atoms with van der Waals surface area (Å²) in [5.74, 6) is 0. The van der Waals surface area contributed by atoms with Crippen LogP contribution in [0, 0.1) is 0 Å². The summed E-state index contributed by atoms with van der Waals surface area (Å²) in [4.78, 5) is 0. The Morgan fingerprint density at radius 3 is 2.39 bits per heavy atom. The van der Waals surface area contributed by atoms with Gasteiger partial charge in [0.05, 0.1) is 30.5 Å². The molecule has 0 saturated carbocycles. The van der Waals surface area contributed by atoms with E-state index in [1.165, 1.54) is 0 Å². The highest BCUT2D eigenvalue weighted by Gasteiger charge is 2.40. The van der Waals surface area contributed by atoms with E-state index in [9.17, 15) is 0 Å². The smallest absolute Gasteiger partial charge is 0.110 e. The van der Waals surface area contributed by atoms with Crippen LogP contribution in [-0.2, 0) is 14.2 Å². The Morgan fingerprint density at radius 1 is 1.22 bits per heavy atom. The van der Waals surface area contributed by atoms with Crippen LogP contribution in [0.15, 0.2) is 0 Å². The van der Waals surface area contributed by atoms with Gasteiger partial charge >= 0.3 is 0 Å². The summed E-state index contributed by atoms with van der Waals surface area (Å²) in [7, 11) is 0. The minimum Gasteiger partial charge on any atom is -0.396 e. The van der Waals surface area contributed by atoms with Gasteiger partial charge in [-0.15, -0.1) is 0 Å². The van der Waals surface area contributed by atoms with Crippen LogP contribution in [0.2, 0.25) is 0 Å². The molecule has 1 aliphatic heterocycles. The van der Waals surface area contributed by atoms with Crippen LogP contribution in [-0.4, -0.2) is 48.3 Å². The first kappa shape index (κ1) is 15.9. The van der Waals surface area contributed by atoms with Crippen LogP contribution in [0.5, 0.6) is 0 Å². The number of aliphatic hydroxyl groups is 1. The van der Waals surface area contributed by atoms with Gasteiger partial charge in [-0.3, -0.25) is 0 Å². The summed E-state index contributed by atoms with van der Waals surface area (Å²) in [6, 6.07) is 0. The van der Waals surface area contributed by atoms with E-state index in [4.69, 9.17) is 19.3 Å². The second-order valence-corrected chi connectivity index (χ2v) is 5.61. The number of hydrogen-bond donors (Lipinski definition) is 1. The molecular formula is C14H28O4. The predicted octanol–water partition coefficient (Wildman–Crippen LogP) is 2.13. The largest absolute Gasteiger partial charge is 0.396 e. The van der Waals surface area contributed by atoms with Crippen molar-refractivity contribution in [3.63, 3.8) is 0 Å². The standard InChI is InChI=1S/C14H28O4/c1-9(2)16-12(6-7-15)14-13(17-10(3)4)8-11(5)18-14/h9-15H,6-8H2,1-5H3/t11-,12-,13-,14+/m0/s1. The fourth-order valence-electron chi connectivity index (χ4n) is 2.47. The Labute approximate surface area is 111 Å². The number of aliphatic hydroxyl groups excluding tert-OH is 1. The molecule has 0 aliphatic carbocycles. The average Bonchev–Trinajstić information content (AvgIpc) is 2.57. The molecular weight excluding hydrogens is 232 g/mol. The molecule has 1 N–H and O–H groups in total. The van der Waals surface area contributed by atoms with Gasteiger partial charge in [-0.1, -0.05) is 0 Å². The third-order valence-electron chi connectivity index (χ3n) is 2.99. The SMILES string of the molecule is CC(C)O[C@@H](CCO)[C@H]1O[C@@H](C)C[C@@H]1OC(C)C. The topological polar surface area (TPSA) is 47.9 Å². The summed E-state index contributed by atoms with van der Waals surface area (Å²) in [5.41, 5.74) is 0. The third kappa shape index (κ3) is 4.84. The number of hydrogen-bond acceptors (Lipinski definition) is 4. The Kier molecular flexibility index (Phi) is 6.57. The number of ether oxygens (including phenoxy) is 3. The Bertz CT molecular complexity index is 230. The van der Waals surface area contributed by atoms with Crippen molar-refractivity contribution in [2.75, 3.05) is 6.61 Å². The highest BCUT2D eigenvalue weighted by molar-refractivity contribution is 4.88. The lowest BCUT2D eigenvalue weighted by Gasteiger charge is -2.30. The zero-order valence-corrected chi connectivity index (χ0v) is 12.3. The van der Waals surface area contributed by atoms with Crippen molar-refractivity contribution in [2.24, 2.45) is 0 Å². The summed E-state index contributed by atoms with van der Waals surface area (Å²) in [5, 5.41) is 9.17. The lowest BCUT2D eigenvalue weighted by Crippen LogP contribution is -2.40. The zero-order chi connectivity index (χ0) is 13.7. The van der Waals surface area contributed by atoms with Crippen LogP contribution in [0.3, 0.4) is 0 Å². The van der Waals surface area contributed by atoms with E-state index in [1.807, 2.05) is 27.7 Å². The predicted molar refractivity (Wildman–Crippen MR) is 70.7 cm³/mol. The van der Waals surface area contributed by atoms with E-state index in [1.54, 1.807) is 0 Å². The summed E-state index contributed by atoms with van der Waals surface area (Å²) >= 11 is 0. The maximum absolute atomic E-state index is 9.17. The molecule has 1 heterocycles. The lowest BCUT2D eigenvalue weighted by molar-refractivity contribution is -0.132. The van der Waals surface area contributed by atoms with E-state index >= 15 is 0 Å². The van der Waals surface area contributed by atoms with Gasteiger partial charge in [0.25, 0.3) is 0 Å². The minimum atomic E-state index is -0.0938. The Morgan fingerprint density at radius 2 is 1.89 bits per heavy atom. The molecule has 0 bridgehead atoms. The van der Waals surface area contributed by atoms with Gasteiger partial charge in [-0.05, 0) is 41.0 Å². The zero-order valence-electron chi connectivity index (χ0n) is 12.3. The van der Waals surface area contributed by atoms with Gasteiger partial charge < -0.3 is 19.3 Å². The van der Waals surface area contributed by atoms with E-state index < -0.39 is 0 Å². The fraction of sp³-hybridized carbons (Fsp3) is 1.00. The second-order valence-electron chi connectivity index (χ2n) is 5.61. The van der Waals surface area contributed by atoms with Crippen molar-refractivity contribution in [1.29, 1.82) is 0 Å². The van der Waals surface area contributed by atoms with E-state index in [-0.39, 0.29) is 43.2 Å². The molecule has 1 fully saturated rings. The fourth-order valence-corrected chi connectivity index (χ4v) is 2.47. The first-order valence-electron chi connectivity index (χ1n) is 7.01. The van der Waals surface area contributed by atoms with Gasteiger partial charge in [0.15, 0.2) is 0 Å². The van der Waals surface area contributed by atoms with Gasteiger partial charge in [-0.2, -0.15) is 0 Å². The van der Waals surface area contributed by atoms with Crippen molar-refractivity contribution in [3.05, 3.63) is 0 Å². The molecule has 4 atom stereocenters. The van der Waals surface area contributed by atoms with Crippen LogP contribution >= 0.6 is 0 Å². The minimum absolute atomic E-state index is 0.0651. The molecule has 1 saturated heterocycles. The lowest BCUT2D eigenvalue weighted by atomic mass is 10.0. The van der Waals surface area contributed by atoms with Crippen molar-refractivity contribution in [3.8, 4) is 0 Å². The molecule has 1 aliphatic rings. The molecule has 0 amide bonds. The highest BCUT2D eigenvalue weighted by atomic mass is 16.6. The quantitative estimate of drug-likeness (QED) is 0.762. The molecule has 0 aromatic carbocycles. The molecule has 0 radical (unpaired) electrons. The van der Waals surface area contributed by atoms with Crippen LogP contribution in [0.1, 0.15) is 47.5 Å². The molecule has 0 unspecified atom stereocenters. The van der Waals surface area contributed by atoms with Crippen LogP contribution in [0.25, 0.3) is 0 Å². The second kappa shape index (κ2) is 7.43. The molecule has 4 heteroatoms. The van der Waals surface area contributed by atoms with Crippen molar-refractivity contribution < 1.29 is 19.3 Å². The molecule has 0 aromatic heterocycles. The third-order valence-corrected chi connectivity index (χ3v) is 2.99. The van der Waals surface area contributed by atoms with Gasteiger partial charge in [0.2, 0.25) is 0 Å². The van der Waals surface area contributed by atoms with Crippen LogP contribution in [0.4, 0.5) is 0 Å². The van der Waals surface area contributed by atoms with E-state index in [0.717, 1.165) is 6.42 Å². The van der Waals surface area contributed by atoms with E-state index in [2.05, 4.69) is 6.92 Å². The van der Waals surface area contributed by atoms with Gasteiger partial charge in [0, 0.05) is 13.0 Å². The van der Waals surface area contributed by atoms with Gasteiger partial charge in [0.1, 0.15) is 6.10 Å². The maximum atomic E-state index is 9.17. The number of rotatable bonds is 7. The highest BCUT2D eigenvalue weighted by Crippen LogP contribution is 2.29. The van der Waals surface area contributed by atoms with E-state index in [0.29, 0.717) is 6.42 Å². The Balaban J connectivity index is 2.67. The summed E-state index contributed by atoms with van der Waals surface area (Å²) in [6.45, 7) is 10.2. The van der Waals surface area contributed by atoms with Gasteiger partial charge in [-0.25, -0.2) is 0 Å². The molecule has 4 nitrogen and oxygen atoms in total. The first-order valence-corrected chi connectivity index (χ1v) is 7.01. The van der Waals surface area contributed by atoms with Crippen molar-refractivity contribution >= 4 is 0 Å². The monoisotopic (exact) mass is 260 g/mol. The normalized spacial score (nSPS) is 30.3. The molecule has 0 spiro atoms. The molecule has 18 heavy (non-hydrogen) atoms. The first-order chi connectivity index (χ1) is 8.43. The van der Waals surface area contributed by atoms with Crippen LogP contribution < -0.4 is 0 Å². The van der Waals surface area contributed by atoms with Crippen molar-refractivity contribution in [2.45, 2.75) is 84.1 Å². The summed E-state index contributed by atoms with van der Waals surface area (Å²) < 4.78 is 17.7. The maximum Gasteiger partial charge on any atom is 0.110 e. The summed E-state index contributed by atoms with van der Waals surface area (Å²) in [6.07, 6.45) is 1.88. The molecule has 108 valence electrons. The molecule has 1 rings (SSSR count). The molecule has 0 aromatic rings. The average molecular weight is 260 g/mol. The Hall–Kier alpha value is -0.160. The van der Waals surface area contributed by atoms with Crippen molar-refractivity contribution in [1.82, 2.24) is 0 Å².